The first-order valence-corrected chi connectivity index (χ1v) is 12.8. The van der Waals surface area contributed by atoms with Gasteiger partial charge in [0.05, 0.1) is 5.39 Å². The van der Waals surface area contributed by atoms with Gasteiger partial charge >= 0.3 is 0 Å². The van der Waals surface area contributed by atoms with Gasteiger partial charge in [-0.15, -0.1) is 0 Å². The van der Waals surface area contributed by atoms with Crippen molar-refractivity contribution < 1.29 is 4.74 Å². The largest absolute Gasteiger partial charge is 0.457 e. The zero-order chi connectivity index (χ0) is 25.0. The molecule has 5 aromatic rings. The predicted octanol–water partition coefficient (Wildman–Crippen LogP) is 6.14. The van der Waals surface area contributed by atoms with Crippen LogP contribution in [0.3, 0.4) is 0 Å². The van der Waals surface area contributed by atoms with Crippen molar-refractivity contribution in [3.8, 4) is 22.6 Å². The highest BCUT2D eigenvalue weighted by molar-refractivity contribution is 6.00. The molecule has 0 aliphatic heterocycles. The van der Waals surface area contributed by atoms with Crippen LogP contribution in [0.4, 0.5) is 5.82 Å². The molecule has 7 heteroatoms. The molecule has 1 aliphatic carbocycles. The van der Waals surface area contributed by atoms with E-state index < -0.39 is 0 Å². The van der Waals surface area contributed by atoms with Gasteiger partial charge in [0.1, 0.15) is 29.3 Å². The Morgan fingerprint density at radius 1 is 0.892 bits per heavy atom. The number of hydrogen-bond donors (Lipinski definition) is 2. The standard InChI is InChI=1S/C30H30N6O/c31-29-28-27(22-8-14-26(15-9-22)37-25-6-2-1-3-7-25)19-36(30(28)35-20-34-29)24-12-10-23(11-13-24)33-18-21-5-4-16-32-17-21/h1-9,14-17,19-20,23-24,33H,10-13,18H2,(H2,31,34,35)/t23-,24+. The third-order valence-electron chi connectivity index (χ3n) is 7.19. The van der Waals surface area contributed by atoms with Crippen molar-refractivity contribution in [2.24, 2.45) is 0 Å². The van der Waals surface area contributed by atoms with E-state index in [1.54, 1.807) is 6.33 Å². The lowest BCUT2D eigenvalue weighted by molar-refractivity contribution is 0.294. The van der Waals surface area contributed by atoms with Crippen molar-refractivity contribution >= 4 is 16.9 Å². The van der Waals surface area contributed by atoms with Gasteiger partial charge in [0.15, 0.2) is 0 Å². The van der Waals surface area contributed by atoms with Crippen LogP contribution in [0.2, 0.25) is 0 Å². The second kappa shape index (κ2) is 10.4. The molecule has 2 aromatic carbocycles. The van der Waals surface area contributed by atoms with Crippen LogP contribution in [-0.2, 0) is 6.54 Å². The van der Waals surface area contributed by atoms with Crippen molar-refractivity contribution in [2.45, 2.75) is 44.3 Å². The Labute approximate surface area is 216 Å². The topological polar surface area (TPSA) is 90.9 Å². The molecule has 186 valence electrons. The fourth-order valence-electron chi connectivity index (χ4n) is 5.26. The molecule has 0 spiro atoms. The Hall–Kier alpha value is -4.23. The van der Waals surface area contributed by atoms with Crippen LogP contribution in [-0.4, -0.2) is 25.6 Å². The van der Waals surface area contributed by atoms with Crippen LogP contribution in [0.1, 0.15) is 37.3 Å². The Kier molecular flexibility index (Phi) is 6.52. The van der Waals surface area contributed by atoms with E-state index in [2.05, 4.69) is 49.2 Å². The molecule has 3 heterocycles. The Morgan fingerprint density at radius 2 is 1.68 bits per heavy atom. The van der Waals surface area contributed by atoms with Gasteiger partial charge in [0, 0.05) is 42.8 Å². The smallest absolute Gasteiger partial charge is 0.146 e. The number of nitrogen functional groups attached to an aromatic ring is 1. The molecule has 0 atom stereocenters. The number of rotatable bonds is 7. The summed E-state index contributed by atoms with van der Waals surface area (Å²) in [6.45, 7) is 0.855. The molecule has 1 saturated carbocycles. The van der Waals surface area contributed by atoms with Crippen molar-refractivity contribution in [1.29, 1.82) is 0 Å². The van der Waals surface area contributed by atoms with Crippen LogP contribution in [0.25, 0.3) is 22.2 Å². The summed E-state index contributed by atoms with van der Waals surface area (Å²) in [4.78, 5) is 13.2. The summed E-state index contributed by atoms with van der Waals surface area (Å²) >= 11 is 0. The average molecular weight is 491 g/mol. The molecule has 0 unspecified atom stereocenters. The van der Waals surface area contributed by atoms with Crippen LogP contribution in [0.5, 0.6) is 11.5 Å². The van der Waals surface area contributed by atoms with Crippen LogP contribution >= 0.6 is 0 Å². The molecule has 0 amide bonds. The lowest BCUT2D eigenvalue weighted by atomic mass is 9.91. The van der Waals surface area contributed by atoms with Crippen LogP contribution in [0, 0.1) is 0 Å². The van der Waals surface area contributed by atoms with E-state index in [9.17, 15) is 0 Å². The molecule has 1 aliphatic rings. The number of aromatic nitrogens is 4. The molecule has 6 rings (SSSR count). The first kappa shape index (κ1) is 23.2. The zero-order valence-corrected chi connectivity index (χ0v) is 20.6. The monoisotopic (exact) mass is 490 g/mol. The highest BCUT2D eigenvalue weighted by atomic mass is 16.5. The maximum Gasteiger partial charge on any atom is 0.146 e. The summed E-state index contributed by atoms with van der Waals surface area (Å²) in [5, 5.41) is 4.62. The van der Waals surface area contributed by atoms with E-state index in [0.29, 0.717) is 17.9 Å². The first-order chi connectivity index (χ1) is 18.2. The first-order valence-electron chi connectivity index (χ1n) is 12.8. The minimum Gasteiger partial charge on any atom is -0.457 e. The number of para-hydroxylation sites is 1. The van der Waals surface area contributed by atoms with Crippen molar-refractivity contribution in [2.75, 3.05) is 5.73 Å². The molecule has 1 fully saturated rings. The number of pyridine rings is 1. The Morgan fingerprint density at radius 3 is 2.43 bits per heavy atom. The van der Waals surface area contributed by atoms with Gasteiger partial charge in [-0.05, 0) is 67.1 Å². The average Bonchev–Trinajstić information content (AvgIpc) is 3.35. The summed E-state index contributed by atoms with van der Waals surface area (Å²) in [7, 11) is 0. The number of ether oxygens (including phenoxy) is 1. The Balaban J connectivity index is 1.20. The van der Waals surface area contributed by atoms with E-state index in [1.165, 1.54) is 5.56 Å². The van der Waals surface area contributed by atoms with Crippen LogP contribution in [0.15, 0.2) is 91.6 Å². The van der Waals surface area contributed by atoms with E-state index >= 15 is 0 Å². The Bertz CT molecular complexity index is 1460. The summed E-state index contributed by atoms with van der Waals surface area (Å²) in [5.41, 5.74) is 10.6. The van der Waals surface area contributed by atoms with Gasteiger partial charge in [0.25, 0.3) is 0 Å². The van der Waals surface area contributed by atoms with E-state index in [-0.39, 0.29) is 0 Å². The maximum atomic E-state index is 6.38. The third-order valence-corrected chi connectivity index (χ3v) is 7.19. The quantitative estimate of drug-likeness (QED) is 0.285. The lowest BCUT2D eigenvalue weighted by Gasteiger charge is -2.30. The van der Waals surface area contributed by atoms with Gasteiger partial charge in [-0.3, -0.25) is 4.98 Å². The number of nitrogens with one attached hydrogen (secondary N) is 1. The second-order valence-corrected chi connectivity index (χ2v) is 9.59. The predicted molar refractivity (Wildman–Crippen MR) is 146 cm³/mol. The van der Waals surface area contributed by atoms with Crippen LogP contribution < -0.4 is 15.8 Å². The minimum atomic E-state index is 0.377. The summed E-state index contributed by atoms with van der Waals surface area (Å²) in [6, 6.07) is 22.9. The van der Waals surface area contributed by atoms with Gasteiger partial charge in [-0.2, -0.15) is 0 Å². The summed E-state index contributed by atoms with van der Waals surface area (Å²) in [6.07, 6.45) is 11.9. The second-order valence-electron chi connectivity index (χ2n) is 9.59. The molecule has 7 nitrogen and oxygen atoms in total. The molecular formula is C30H30N6O. The number of anilines is 1. The number of hydrogen-bond acceptors (Lipinski definition) is 6. The molecular weight excluding hydrogens is 460 g/mol. The molecule has 3 aromatic heterocycles. The van der Waals surface area contributed by atoms with Gasteiger partial charge in [-0.25, -0.2) is 9.97 Å². The van der Waals surface area contributed by atoms with Crippen molar-refractivity contribution in [1.82, 2.24) is 24.8 Å². The highest BCUT2D eigenvalue weighted by Gasteiger charge is 2.25. The minimum absolute atomic E-state index is 0.377. The van der Waals surface area contributed by atoms with Gasteiger partial charge < -0.3 is 20.4 Å². The normalized spacial score (nSPS) is 17.6. The fourth-order valence-corrected chi connectivity index (χ4v) is 5.26. The number of benzene rings is 2. The van der Waals surface area contributed by atoms with Gasteiger partial charge in [-0.1, -0.05) is 36.4 Å². The molecule has 0 saturated heterocycles. The summed E-state index contributed by atoms with van der Waals surface area (Å²) < 4.78 is 8.29. The number of nitrogens with two attached hydrogens (primary N) is 1. The molecule has 3 N–H and O–H groups in total. The highest BCUT2D eigenvalue weighted by Crippen LogP contribution is 2.38. The lowest BCUT2D eigenvalue weighted by Crippen LogP contribution is -2.33. The van der Waals surface area contributed by atoms with Crippen molar-refractivity contribution in [3.05, 3.63) is 97.2 Å². The molecule has 0 radical (unpaired) electrons. The summed E-state index contributed by atoms with van der Waals surface area (Å²) in [5.74, 6) is 2.12. The SMILES string of the molecule is Nc1ncnc2c1c(-c1ccc(Oc3ccccc3)cc1)cn2[C@H]1CC[C@@H](NCc2cccnc2)CC1. The number of fused-ring (bicyclic) bond motifs is 1. The maximum absolute atomic E-state index is 6.38. The zero-order valence-electron chi connectivity index (χ0n) is 20.6. The number of nitrogens with zero attached hydrogens (tertiary/aromatic N) is 4. The third kappa shape index (κ3) is 5.04. The van der Waals surface area contributed by atoms with E-state index in [1.807, 2.05) is 60.9 Å². The van der Waals surface area contributed by atoms with E-state index in [4.69, 9.17) is 10.5 Å². The van der Waals surface area contributed by atoms with E-state index in [0.717, 1.165) is 65.9 Å². The van der Waals surface area contributed by atoms with Crippen molar-refractivity contribution in [3.63, 3.8) is 0 Å². The molecule has 0 bridgehead atoms. The molecule has 37 heavy (non-hydrogen) atoms. The fraction of sp³-hybridized carbons (Fsp3) is 0.233. The van der Waals surface area contributed by atoms with Gasteiger partial charge in [0.2, 0.25) is 0 Å².